The smallest absolute Gasteiger partial charge is 0.231 e. The number of pyridine rings is 1. The van der Waals surface area contributed by atoms with Crippen molar-refractivity contribution in [1.82, 2.24) is 9.97 Å². The minimum absolute atomic E-state index is 0.0677. The number of carbonyl (C=O) groups is 1. The summed E-state index contributed by atoms with van der Waals surface area (Å²) >= 11 is 9.64. The minimum Gasteiger partial charge on any atom is -0.371 e. The van der Waals surface area contributed by atoms with Gasteiger partial charge in [0.05, 0.1) is 25.3 Å². The standard InChI is InChI=1S/C20H19ClFIN4OS/c1-11(23)16-9-14(4-5-24-16)27-6-2-3-12(10-27)19(28)26-20-25-18-15(21)7-13(22)8-17(18)29-20/h4-5,7-9,11-12H,2-3,6,10H2,1H3,(H,25,26,28). The molecule has 3 heterocycles. The number of aromatic nitrogens is 2. The summed E-state index contributed by atoms with van der Waals surface area (Å²) in [4.78, 5) is 23.9. The number of anilines is 2. The number of nitrogens with one attached hydrogen (secondary N) is 1. The summed E-state index contributed by atoms with van der Waals surface area (Å²) in [5, 5.41) is 3.59. The van der Waals surface area contributed by atoms with Gasteiger partial charge in [0.2, 0.25) is 5.91 Å². The van der Waals surface area contributed by atoms with Crippen molar-refractivity contribution in [2.24, 2.45) is 5.92 Å². The normalized spacial score (nSPS) is 18.1. The maximum absolute atomic E-state index is 13.5. The van der Waals surface area contributed by atoms with Crippen LogP contribution in [0.25, 0.3) is 10.2 Å². The SMILES string of the molecule is CC(I)c1cc(N2CCCC(C(=O)Nc3nc4c(Cl)cc(F)cc4s3)C2)ccn1. The van der Waals surface area contributed by atoms with Gasteiger partial charge in [-0.25, -0.2) is 9.37 Å². The number of halogens is 3. The Morgan fingerprint density at radius 3 is 3.07 bits per heavy atom. The summed E-state index contributed by atoms with van der Waals surface area (Å²) in [6, 6.07) is 6.70. The van der Waals surface area contributed by atoms with Crippen molar-refractivity contribution in [2.45, 2.75) is 23.7 Å². The van der Waals surface area contributed by atoms with Crippen LogP contribution in [0.5, 0.6) is 0 Å². The fourth-order valence-electron chi connectivity index (χ4n) is 3.49. The van der Waals surface area contributed by atoms with Crippen molar-refractivity contribution in [3.05, 3.63) is 47.0 Å². The molecule has 0 radical (unpaired) electrons. The lowest BCUT2D eigenvalue weighted by atomic mass is 9.96. The number of carbonyl (C=O) groups excluding carboxylic acids is 1. The molecule has 5 nitrogen and oxygen atoms in total. The molecule has 4 rings (SSSR count). The first-order valence-electron chi connectivity index (χ1n) is 9.32. The van der Waals surface area contributed by atoms with E-state index in [0.717, 1.165) is 30.8 Å². The molecule has 1 amide bonds. The van der Waals surface area contributed by atoms with Crippen molar-refractivity contribution in [3.63, 3.8) is 0 Å². The first kappa shape index (κ1) is 20.7. The molecule has 2 aromatic heterocycles. The van der Waals surface area contributed by atoms with Crippen LogP contribution in [0.2, 0.25) is 5.02 Å². The van der Waals surface area contributed by atoms with Crippen LogP contribution in [0, 0.1) is 11.7 Å². The molecule has 1 aliphatic rings. The van der Waals surface area contributed by atoms with Crippen molar-refractivity contribution in [1.29, 1.82) is 0 Å². The number of benzene rings is 1. The topological polar surface area (TPSA) is 58.1 Å². The van der Waals surface area contributed by atoms with Gasteiger partial charge in [0, 0.05) is 25.0 Å². The lowest BCUT2D eigenvalue weighted by Gasteiger charge is -2.33. The van der Waals surface area contributed by atoms with Crippen molar-refractivity contribution >= 4 is 72.5 Å². The summed E-state index contributed by atoms with van der Waals surface area (Å²) in [6.07, 6.45) is 3.59. The Morgan fingerprint density at radius 2 is 2.28 bits per heavy atom. The molecular formula is C20H19ClFIN4OS. The number of fused-ring (bicyclic) bond motifs is 1. The molecule has 1 saturated heterocycles. The number of thiazole rings is 1. The molecule has 3 aromatic rings. The molecule has 1 aromatic carbocycles. The van der Waals surface area contributed by atoms with E-state index >= 15 is 0 Å². The van der Waals surface area contributed by atoms with Crippen LogP contribution in [0.1, 0.15) is 29.4 Å². The Bertz CT molecular complexity index is 1060. The largest absolute Gasteiger partial charge is 0.371 e. The fraction of sp³-hybridized carbons (Fsp3) is 0.350. The van der Waals surface area contributed by atoms with Crippen molar-refractivity contribution in [3.8, 4) is 0 Å². The van der Waals surface area contributed by atoms with Crippen LogP contribution in [0.3, 0.4) is 0 Å². The Morgan fingerprint density at radius 1 is 1.45 bits per heavy atom. The molecule has 9 heteroatoms. The average molecular weight is 545 g/mol. The van der Waals surface area contributed by atoms with Crippen LogP contribution < -0.4 is 10.2 Å². The third-order valence-electron chi connectivity index (χ3n) is 4.97. The van der Waals surface area contributed by atoms with Gasteiger partial charge in [-0.2, -0.15) is 0 Å². The Hall–Kier alpha value is -1.52. The first-order valence-corrected chi connectivity index (χ1v) is 11.8. The Balaban J connectivity index is 1.48. The number of hydrogen-bond acceptors (Lipinski definition) is 5. The van der Waals surface area contributed by atoms with Crippen molar-refractivity contribution in [2.75, 3.05) is 23.3 Å². The minimum atomic E-state index is -0.413. The Labute approximate surface area is 190 Å². The van der Waals surface area contributed by atoms with Crippen LogP contribution in [-0.4, -0.2) is 29.0 Å². The second-order valence-electron chi connectivity index (χ2n) is 7.08. The highest BCUT2D eigenvalue weighted by molar-refractivity contribution is 14.1. The van der Waals surface area contributed by atoms with E-state index in [-0.39, 0.29) is 16.8 Å². The molecule has 0 aliphatic carbocycles. The molecule has 29 heavy (non-hydrogen) atoms. The highest BCUT2D eigenvalue weighted by atomic mass is 127. The molecule has 0 spiro atoms. The lowest BCUT2D eigenvalue weighted by molar-refractivity contribution is -0.120. The average Bonchev–Trinajstić information content (AvgIpc) is 3.10. The van der Waals surface area contributed by atoms with Crippen LogP contribution in [0.4, 0.5) is 15.2 Å². The Kier molecular flexibility index (Phi) is 6.21. The van der Waals surface area contributed by atoms with Crippen LogP contribution >= 0.6 is 45.5 Å². The predicted molar refractivity (Wildman–Crippen MR) is 125 cm³/mol. The summed E-state index contributed by atoms with van der Waals surface area (Å²) in [5.74, 6) is -0.622. The van der Waals surface area contributed by atoms with Gasteiger partial charge in [-0.15, -0.1) is 0 Å². The molecule has 2 unspecified atom stereocenters. The maximum Gasteiger partial charge on any atom is 0.231 e. The van der Waals surface area contributed by atoms with Gasteiger partial charge in [0.15, 0.2) is 5.13 Å². The summed E-state index contributed by atoms with van der Waals surface area (Å²) in [6.45, 7) is 3.67. The number of amides is 1. The zero-order valence-corrected chi connectivity index (χ0v) is 19.4. The number of alkyl halides is 1. The van der Waals surface area contributed by atoms with E-state index in [1.807, 2.05) is 12.3 Å². The molecule has 2 atom stereocenters. The third-order valence-corrected chi connectivity index (χ3v) is 6.82. The first-order chi connectivity index (χ1) is 13.9. The lowest BCUT2D eigenvalue weighted by Crippen LogP contribution is -2.40. The van der Waals surface area contributed by atoms with Gasteiger partial charge >= 0.3 is 0 Å². The quantitative estimate of drug-likeness (QED) is 0.331. The van der Waals surface area contributed by atoms with Gasteiger partial charge in [0.25, 0.3) is 0 Å². The van der Waals surface area contributed by atoms with E-state index in [1.54, 1.807) is 0 Å². The predicted octanol–water partition coefficient (Wildman–Crippen LogP) is 5.83. The summed E-state index contributed by atoms with van der Waals surface area (Å²) in [7, 11) is 0. The van der Waals surface area contributed by atoms with Gasteiger partial charge < -0.3 is 10.2 Å². The van der Waals surface area contributed by atoms with E-state index in [4.69, 9.17) is 11.6 Å². The van der Waals surface area contributed by atoms with Gasteiger partial charge in [0.1, 0.15) is 11.3 Å². The maximum atomic E-state index is 13.5. The van der Waals surface area contributed by atoms with Gasteiger partial charge in [-0.3, -0.25) is 9.78 Å². The third kappa shape index (κ3) is 4.64. The van der Waals surface area contributed by atoms with Gasteiger partial charge in [-0.1, -0.05) is 45.5 Å². The molecule has 1 N–H and O–H groups in total. The van der Waals surface area contributed by atoms with E-state index < -0.39 is 5.82 Å². The van der Waals surface area contributed by atoms with Crippen molar-refractivity contribution < 1.29 is 9.18 Å². The molecular weight excluding hydrogens is 526 g/mol. The second kappa shape index (κ2) is 8.69. The second-order valence-corrected chi connectivity index (χ2v) is 10.4. The van der Waals surface area contributed by atoms with E-state index in [1.165, 1.54) is 23.5 Å². The van der Waals surface area contributed by atoms with E-state index in [0.29, 0.717) is 25.8 Å². The summed E-state index contributed by atoms with van der Waals surface area (Å²) in [5.41, 5.74) is 2.64. The fourth-order valence-corrected chi connectivity index (χ4v) is 5.06. The number of nitrogens with zero attached hydrogens (tertiary/aromatic N) is 3. The highest BCUT2D eigenvalue weighted by Crippen LogP contribution is 2.33. The van der Waals surface area contributed by atoms with E-state index in [2.05, 4.69) is 55.8 Å². The molecule has 1 aliphatic heterocycles. The molecule has 1 fully saturated rings. The monoisotopic (exact) mass is 544 g/mol. The van der Waals surface area contributed by atoms with Crippen LogP contribution in [0.15, 0.2) is 30.5 Å². The zero-order chi connectivity index (χ0) is 20.5. The summed E-state index contributed by atoms with van der Waals surface area (Å²) < 4.78 is 14.5. The highest BCUT2D eigenvalue weighted by Gasteiger charge is 2.27. The molecule has 152 valence electrons. The number of piperidine rings is 1. The number of hydrogen-bond donors (Lipinski definition) is 1. The zero-order valence-electron chi connectivity index (χ0n) is 15.7. The number of rotatable bonds is 4. The molecule has 0 bridgehead atoms. The van der Waals surface area contributed by atoms with E-state index in [9.17, 15) is 9.18 Å². The molecule has 0 saturated carbocycles. The van der Waals surface area contributed by atoms with Gasteiger partial charge in [-0.05, 0) is 44.0 Å². The van der Waals surface area contributed by atoms with Crippen LogP contribution in [-0.2, 0) is 4.79 Å².